The molecule has 8 unspecified atom stereocenters. The summed E-state index contributed by atoms with van der Waals surface area (Å²) in [6.07, 6.45) is 2.01. The zero-order chi connectivity index (χ0) is 14.9. The molecular formula is C14H19NO5S. The minimum Gasteiger partial charge on any atom is -0.480 e. The van der Waals surface area contributed by atoms with Crippen LogP contribution >= 0.6 is 11.8 Å². The predicted molar refractivity (Wildman–Crippen MR) is 74.5 cm³/mol. The van der Waals surface area contributed by atoms with Gasteiger partial charge in [-0.05, 0) is 36.7 Å². The summed E-state index contributed by atoms with van der Waals surface area (Å²) < 4.78 is 5.92. The zero-order valence-electron chi connectivity index (χ0n) is 11.7. The Morgan fingerprint density at radius 1 is 1.52 bits per heavy atom. The largest absolute Gasteiger partial charge is 0.480 e. The average molecular weight is 313 g/mol. The summed E-state index contributed by atoms with van der Waals surface area (Å²) >= 11 is 1.58. The molecule has 0 radical (unpaired) electrons. The van der Waals surface area contributed by atoms with Gasteiger partial charge in [0, 0.05) is 5.92 Å². The Balaban J connectivity index is 1.64. The van der Waals surface area contributed by atoms with Gasteiger partial charge in [-0.2, -0.15) is 11.8 Å². The van der Waals surface area contributed by atoms with Crippen molar-refractivity contribution in [3.8, 4) is 0 Å². The van der Waals surface area contributed by atoms with Gasteiger partial charge >= 0.3 is 5.97 Å². The average Bonchev–Trinajstić information content (AvgIpc) is 3.10. The van der Waals surface area contributed by atoms with Crippen molar-refractivity contribution in [2.45, 2.75) is 37.3 Å². The number of likely N-dealkylation sites (tertiary alicyclic amines) is 1. The van der Waals surface area contributed by atoms with Crippen LogP contribution in [-0.2, 0) is 14.3 Å². The first-order valence-corrected chi connectivity index (χ1v) is 8.83. The fourth-order valence-corrected chi connectivity index (χ4v) is 5.49. The van der Waals surface area contributed by atoms with Crippen LogP contribution in [0, 0.1) is 23.7 Å². The number of nitrogens with zero attached hydrogens (tertiary/aromatic N) is 1. The fourth-order valence-electron chi connectivity index (χ4n) is 5.03. The van der Waals surface area contributed by atoms with Gasteiger partial charge in [-0.1, -0.05) is 0 Å². The molecule has 2 N–H and O–H groups in total. The Hall–Kier alpha value is -0.790. The molecule has 0 spiro atoms. The molecule has 0 aromatic carbocycles. The normalized spacial score (nSPS) is 47.4. The van der Waals surface area contributed by atoms with E-state index in [2.05, 4.69) is 0 Å². The van der Waals surface area contributed by atoms with Gasteiger partial charge in [-0.15, -0.1) is 0 Å². The number of thioether (sulfide) groups is 1. The van der Waals surface area contributed by atoms with Crippen LogP contribution in [0.3, 0.4) is 0 Å². The molecule has 4 aliphatic rings. The first-order chi connectivity index (χ1) is 10.1. The predicted octanol–water partition coefficient (Wildman–Crippen LogP) is 0.00280. The van der Waals surface area contributed by atoms with Crippen LogP contribution in [-0.4, -0.2) is 63.5 Å². The molecule has 1 amide bonds. The van der Waals surface area contributed by atoms with E-state index in [0.29, 0.717) is 12.2 Å². The number of hydrogen-bond donors (Lipinski definition) is 2. The summed E-state index contributed by atoms with van der Waals surface area (Å²) in [5.74, 6) is -0.341. The van der Waals surface area contributed by atoms with Crippen molar-refractivity contribution in [3.05, 3.63) is 0 Å². The number of carbonyl (C=O) groups excluding carboxylic acids is 1. The van der Waals surface area contributed by atoms with Crippen LogP contribution in [0.25, 0.3) is 0 Å². The number of ether oxygens (including phenoxy) is 1. The summed E-state index contributed by atoms with van der Waals surface area (Å²) in [6, 6.07) is -0.809. The number of amides is 1. The highest BCUT2D eigenvalue weighted by Gasteiger charge is 2.73. The highest BCUT2D eigenvalue weighted by molar-refractivity contribution is 7.98. The second-order valence-corrected chi connectivity index (χ2v) is 7.52. The number of aliphatic carboxylic acids is 1. The number of carbonyl (C=O) groups is 2. The van der Waals surface area contributed by atoms with Gasteiger partial charge in [-0.3, -0.25) is 4.79 Å². The van der Waals surface area contributed by atoms with Gasteiger partial charge in [0.2, 0.25) is 5.91 Å². The lowest BCUT2D eigenvalue weighted by atomic mass is 9.80. The molecule has 21 heavy (non-hydrogen) atoms. The van der Waals surface area contributed by atoms with Crippen LogP contribution < -0.4 is 0 Å². The third-order valence-corrected chi connectivity index (χ3v) is 6.41. The van der Waals surface area contributed by atoms with E-state index in [1.54, 1.807) is 11.8 Å². The van der Waals surface area contributed by atoms with Crippen LogP contribution in [0.15, 0.2) is 0 Å². The molecular weight excluding hydrogens is 294 g/mol. The fraction of sp³-hybridized carbons (Fsp3) is 0.857. The van der Waals surface area contributed by atoms with Gasteiger partial charge < -0.3 is 19.8 Å². The topological polar surface area (TPSA) is 87.1 Å². The summed E-state index contributed by atoms with van der Waals surface area (Å²) in [5.41, 5.74) is 0. The van der Waals surface area contributed by atoms with Gasteiger partial charge in [0.25, 0.3) is 0 Å². The standard InChI is InChI=1S/C14H19NO5S/c1-21-3-2-7(14(18)19)15-12(17)8-5-4-6-9(8)13(15)20-11(6)10(5)16/h5-11,13,16H,2-4H2,1H3,(H,18,19). The molecule has 4 rings (SSSR count). The molecule has 0 aromatic rings. The van der Waals surface area contributed by atoms with Crippen LogP contribution in [0.1, 0.15) is 12.8 Å². The number of aliphatic hydroxyl groups excluding tert-OH is 1. The third-order valence-electron chi connectivity index (χ3n) is 5.77. The molecule has 2 bridgehead atoms. The Morgan fingerprint density at radius 2 is 2.29 bits per heavy atom. The molecule has 8 atom stereocenters. The molecule has 7 heteroatoms. The van der Waals surface area contributed by atoms with Gasteiger partial charge in [-0.25, -0.2) is 4.79 Å². The van der Waals surface area contributed by atoms with Crippen molar-refractivity contribution in [2.24, 2.45) is 23.7 Å². The Morgan fingerprint density at radius 3 is 2.95 bits per heavy atom. The molecule has 116 valence electrons. The maximum absolute atomic E-state index is 12.7. The number of hydrogen-bond acceptors (Lipinski definition) is 5. The maximum atomic E-state index is 12.7. The van der Waals surface area contributed by atoms with Crippen molar-refractivity contribution < 1.29 is 24.5 Å². The first kappa shape index (κ1) is 13.8. The number of carboxylic acids is 1. The number of carboxylic acid groups (broad SMARTS) is 1. The number of fused-ring (bicyclic) bond motifs is 2. The summed E-state index contributed by atoms with van der Waals surface area (Å²) in [5, 5.41) is 19.7. The van der Waals surface area contributed by atoms with E-state index in [9.17, 15) is 19.8 Å². The Labute approximate surface area is 126 Å². The van der Waals surface area contributed by atoms with E-state index in [1.807, 2.05) is 6.26 Å². The number of rotatable bonds is 5. The molecule has 2 aliphatic heterocycles. The Kier molecular flexibility index (Phi) is 3.03. The van der Waals surface area contributed by atoms with Gasteiger partial charge in [0.1, 0.15) is 12.3 Å². The first-order valence-electron chi connectivity index (χ1n) is 7.43. The lowest BCUT2D eigenvalue weighted by Gasteiger charge is -2.33. The lowest BCUT2D eigenvalue weighted by Crippen LogP contribution is -2.50. The van der Waals surface area contributed by atoms with Gasteiger partial charge in [0.15, 0.2) is 0 Å². The molecule has 2 heterocycles. The summed E-state index contributed by atoms with van der Waals surface area (Å²) in [7, 11) is 0. The monoisotopic (exact) mass is 313 g/mol. The summed E-state index contributed by atoms with van der Waals surface area (Å²) in [6.45, 7) is 0. The van der Waals surface area contributed by atoms with E-state index < -0.39 is 24.3 Å². The van der Waals surface area contributed by atoms with E-state index >= 15 is 0 Å². The van der Waals surface area contributed by atoms with E-state index in [4.69, 9.17) is 4.74 Å². The zero-order valence-corrected chi connectivity index (χ0v) is 12.5. The minimum absolute atomic E-state index is 0.0394. The summed E-state index contributed by atoms with van der Waals surface area (Å²) in [4.78, 5) is 25.8. The molecule has 0 aromatic heterocycles. The lowest BCUT2D eigenvalue weighted by molar-refractivity contribution is -0.166. The SMILES string of the molecule is CSCCC(C(=O)O)N1C(=O)C2C3CC4C(OC1C42)C3O. The molecule has 4 fully saturated rings. The van der Waals surface area contributed by atoms with E-state index in [-0.39, 0.29) is 35.7 Å². The van der Waals surface area contributed by atoms with Crippen molar-refractivity contribution in [1.82, 2.24) is 4.90 Å². The van der Waals surface area contributed by atoms with Crippen LogP contribution in [0.2, 0.25) is 0 Å². The van der Waals surface area contributed by atoms with E-state index in [1.165, 1.54) is 4.90 Å². The maximum Gasteiger partial charge on any atom is 0.326 e. The van der Waals surface area contributed by atoms with Crippen LogP contribution in [0.4, 0.5) is 0 Å². The molecule has 2 saturated heterocycles. The molecule has 2 saturated carbocycles. The second-order valence-electron chi connectivity index (χ2n) is 6.53. The smallest absolute Gasteiger partial charge is 0.326 e. The third kappa shape index (κ3) is 1.62. The minimum atomic E-state index is -0.960. The van der Waals surface area contributed by atoms with Gasteiger partial charge in [0.05, 0.1) is 18.1 Å². The van der Waals surface area contributed by atoms with Crippen molar-refractivity contribution in [2.75, 3.05) is 12.0 Å². The highest BCUT2D eigenvalue weighted by Crippen LogP contribution is 2.63. The van der Waals surface area contributed by atoms with Crippen molar-refractivity contribution in [3.63, 3.8) is 0 Å². The van der Waals surface area contributed by atoms with Crippen molar-refractivity contribution >= 4 is 23.6 Å². The van der Waals surface area contributed by atoms with Crippen molar-refractivity contribution in [1.29, 1.82) is 0 Å². The van der Waals surface area contributed by atoms with E-state index in [0.717, 1.165) is 6.42 Å². The van der Waals surface area contributed by atoms with Crippen LogP contribution in [0.5, 0.6) is 0 Å². The molecule has 2 aliphatic carbocycles. The quantitative estimate of drug-likeness (QED) is 0.743. The second kappa shape index (κ2) is 4.60. The molecule has 6 nitrogen and oxygen atoms in total. The Bertz CT molecular complexity index is 500. The number of aliphatic hydroxyl groups is 1. The highest BCUT2D eigenvalue weighted by atomic mass is 32.2.